The summed E-state index contributed by atoms with van der Waals surface area (Å²) >= 11 is 0. The third-order valence-corrected chi connectivity index (χ3v) is 7.23. The number of nitrogens with zero attached hydrogens (tertiary/aromatic N) is 2. The predicted molar refractivity (Wildman–Crippen MR) is 173 cm³/mol. The Kier molecular flexibility index (Phi) is 16.2. The number of benzene rings is 4. The monoisotopic (exact) mass is 626 g/mol. The van der Waals surface area contributed by atoms with Crippen molar-refractivity contribution >= 4 is 34.0 Å². The van der Waals surface area contributed by atoms with Gasteiger partial charge in [0.05, 0.1) is 0 Å². The minimum Gasteiger partial charge on any atom is -0.872 e. The number of aromatic hydroxyl groups is 2. The number of aliphatic imine (C=N–C) groups is 2. The number of unbranched alkanes of at least 4 members (excludes halogenated alkanes) is 8. The molecular formula is C36H44N2NiO4. The van der Waals surface area contributed by atoms with Gasteiger partial charge in [-0.05, 0) is 69.8 Å². The Labute approximate surface area is 266 Å². The zero-order valence-electron chi connectivity index (χ0n) is 25.3. The van der Waals surface area contributed by atoms with Crippen LogP contribution in [0.5, 0.6) is 23.0 Å². The topological polar surface area (TPSA) is 111 Å². The van der Waals surface area contributed by atoms with Crippen molar-refractivity contribution in [3.8, 4) is 23.0 Å². The standard InChI is InChI=1S/2C18H23NO2.Ni/c2*1-2-3-4-5-6-11-19-13-17-16-9-8-15(20)12-14(16)7-10-18(17)21;/h2*7-10,12-13,20-21H,2-6,11H2,1H3;/q;;+2/p-2. The Morgan fingerprint density at radius 1 is 0.558 bits per heavy atom. The van der Waals surface area contributed by atoms with Crippen molar-refractivity contribution in [3.05, 3.63) is 71.8 Å². The van der Waals surface area contributed by atoms with E-state index < -0.39 is 0 Å². The zero-order chi connectivity index (χ0) is 30.2. The molecule has 0 radical (unpaired) electrons. The molecule has 0 heterocycles. The van der Waals surface area contributed by atoms with Gasteiger partial charge in [0.15, 0.2) is 0 Å². The van der Waals surface area contributed by atoms with E-state index in [2.05, 4.69) is 23.8 Å². The molecule has 4 aromatic carbocycles. The molecule has 4 aromatic rings. The fourth-order valence-electron chi connectivity index (χ4n) is 4.83. The molecule has 4 rings (SSSR count). The Morgan fingerprint density at radius 3 is 1.35 bits per heavy atom. The van der Waals surface area contributed by atoms with Crippen molar-refractivity contribution in [3.63, 3.8) is 0 Å². The van der Waals surface area contributed by atoms with Gasteiger partial charge in [-0.1, -0.05) is 113 Å². The molecular weight excluding hydrogens is 583 g/mol. The van der Waals surface area contributed by atoms with E-state index in [0.29, 0.717) is 11.1 Å². The maximum atomic E-state index is 12.0. The van der Waals surface area contributed by atoms with Crippen molar-refractivity contribution in [2.24, 2.45) is 9.98 Å². The molecule has 0 unspecified atom stereocenters. The van der Waals surface area contributed by atoms with Gasteiger partial charge >= 0.3 is 16.5 Å². The third kappa shape index (κ3) is 11.6. The van der Waals surface area contributed by atoms with E-state index in [1.165, 1.54) is 63.5 Å². The van der Waals surface area contributed by atoms with Gasteiger partial charge in [0, 0.05) is 25.5 Å². The van der Waals surface area contributed by atoms with Crippen LogP contribution >= 0.6 is 0 Å². The number of hydrogen-bond donors (Lipinski definition) is 2. The van der Waals surface area contributed by atoms with Gasteiger partial charge in [-0.15, -0.1) is 0 Å². The molecule has 0 amide bonds. The summed E-state index contributed by atoms with van der Waals surface area (Å²) in [5, 5.41) is 46.3. The van der Waals surface area contributed by atoms with Crippen LogP contribution in [0, 0.1) is 0 Å². The number of rotatable bonds is 14. The second-order valence-electron chi connectivity index (χ2n) is 10.7. The molecule has 0 aliphatic heterocycles. The summed E-state index contributed by atoms with van der Waals surface area (Å²) in [6, 6.07) is 16.6. The van der Waals surface area contributed by atoms with Gasteiger partial charge in [0.25, 0.3) is 0 Å². The first-order valence-electron chi connectivity index (χ1n) is 15.3. The van der Waals surface area contributed by atoms with Gasteiger partial charge < -0.3 is 20.4 Å². The van der Waals surface area contributed by atoms with E-state index in [1.807, 2.05) is 0 Å². The van der Waals surface area contributed by atoms with E-state index in [-0.39, 0.29) is 39.5 Å². The van der Waals surface area contributed by atoms with Gasteiger partial charge in [0.2, 0.25) is 0 Å². The van der Waals surface area contributed by atoms with Crippen LogP contribution in [0.2, 0.25) is 0 Å². The van der Waals surface area contributed by atoms with Crippen molar-refractivity contribution < 1.29 is 36.9 Å². The van der Waals surface area contributed by atoms with E-state index >= 15 is 0 Å². The fraction of sp³-hybridized carbons (Fsp3) is 0.389. The van der Waals surface area contributed by atoms with Gasteiger partial charge in [0.1, 0.15) is 11.5 Å². The Balaban J connectivity index is 0.000000293. The van der Waals surface area contributed by atoms with Crippen LogP contribution in [0.4, 0.5) is 0 Å². The molecule has 0 saturated carbocycles. The van der Waals surface area contributed by atoms with Crippen LogP contribution in [0.15, 0.2) is 70.6 Å². The summed E-state index contributed by atoms with van der Waals surface area (Å²) < 4.78 is 0. The summed E-state index contributed by atoms with van der Waals surface area (Å²) in [7, 11) is 0. The van der Waals surface area contributed by atoms with Crippen molar-refractivity contribution in [2.45, 2.75) is 78.1 Å². The summed E-state index contributed by atoms with van der Waals surface area (Å²) in [6.07, 6.45) is 15.4. The molecule has 0 aliphatic carbocycles. The summed E-state index contributed by atoms with van der Waals surface area (Å²) in [5.41, 5.74) is 1.22. The van der Waals surface area contributed by atoms with Crippen LogP contribution in [-0.4, -0.2) is 35.7 Å². The molecule has 232 valence electrons. The number of hydrogen-bond acceptors (Lipinski definition) is 6. The van der Waals surface area contributed by atoms with E-state index in [4.69, 9.17) is 0 Å². The molecule has 0 aromatic heterocycles. The minimum atomic E-state index is -0.0251. The molecule has 7 heteroatoms. The van der Waals surface area contributed by atoms with Crippen LogP contribution < -0.4 is 10.2 Å². The number of phenolic OH excluding ortho intramolecular Hbond substituents is 2. The van der Waals surface area contributed by atoms with Gasteiger partial charge in [-0.25, -0.2) is 0 Å². The minimum absolute atomic E-state index is 0. The van der Waals surface area contributed by atoms with E-state index in [0.717, 1.165) is 47.5 Å². The van der Waals surface area contributed by atoms with Crippen LogP contribution in [-0.2, 0) is 16.5 Å². The van der Waals surface area contributed by atoms with E-state index in [1.54, 1.807) is 61.0 Å². The first-order valence-corrected chi connectivity index (χ1v) is 15.3. The number of fused-ring (bicyclic) bond motifs is 2. The zero-order valence-corrected chi connectivity index (χ0v) is 26.3. The number of phenols is 2. The SMILES string of the molecule is CCCCCCCN=Cc1c([O-])ccc2cc(O)ccc12.CCCCCCCN=Cc1c([O-])ccc2cc(O)ccc12.[Ni+2]. The first-order chi connectivity index (χ1) is 20.4. The summed E-state index contributed by atoms with van der Waals surface area (Å²) in [4.78, 5) is 8.77. The van der Waals surface area contributed by atoms with Crippen molar-refractivity contribution in [1.29, 1.82) is 0 Å². The largest absolute Gasteiger partial charge is 2.00 e. The molecule has 0 saturated heterocycles. The molecule has 6 nitrogen and oxygen atoms in total. The molecule has 0 spiro atoms. The molecule has 43 heavy (non-hydrogen) atoms. The Morgan fingerprint density at radius 2 is 0.953 bits per heavy atom. The smallest absolute Gasteiger partial charge is 0.872 e. The Bertz CT molecular complexity index is 1360. The average molecular weight is 627 g/mol. The van der Waals surface area contributed by atoms with Crippen LogP contribution in [0.25, 0.3) is 21.5 Å². The summed E-state index contributed by atoms with van der Waals surface area (Å²) in [6.45, 7) is 5.92. The maximum Gasteiger partial charge on any atom is 2.00 e. The fourth-order valence-corrected chi connectivity index (χ4v) is 4.83. The van der Waals surface area contributed by atoms with E-state index in [9.17, 15) is 20.4 Å². The molecule has 0 bridgehead atoms. The summed E-state index contributed by atoms with van der Waals surface area (Å²) in [5.74, 6) is 0.366. The maximum absolute atomic E-state index is 12.0. The van der Waals surface area contributed by atoms with Gasteiger partial charge in [-0.3, -0.25) is 9.98 Å². The normalized spacial score (nSPS) is 11.2. The molecule has 0 atom stereocenters. The first kappa shape index (κ1) is 35.6. The second-order valence-corrected chi connectivity index (χ2v) is 10.7. The van der Waals surface area contributed by atoms with Crippen molar-refractivity contribution in [2.75, 3.05) is 13.1 Å². The van der Waals surface area contributed by atoms with Crippen LogP contribution in [0.3, 0.4) is 0 Å². The molecule has 0 aliphatic rings. The average Bonchev–Trinajstić information content (AvgIpc) is 2.98. The quantitative estimate of drug-likeness (QED) is 0.0838. The van der Waals surface area contributed by atoms with Crippen molar-refractivity contribution in [1.82, 2.24) is 0 Å². The van der Waals surface area contributed by atoms with Gasteiger partial charge in [-0.2, -0.15) is 0 Å². The molecule has 2 N–H and O–H groups in total. The second kappa shape index (κ2) is 19.6. The Hall–Kier alpha value is -3.57. The molecule has 0 fully saturated rings. The predicted octanol–water partition coefficient (Wildman–Crippen LogP) is 8.01. The van der Waals surface area contributed by atoms with Crippen LogP contribution in [0.1, 0.15) is 89.2 Å². The third-order valence-electron chi connectivity index (χ3n) is 7.23.